The number of methoxy groups -OCH3 is 1. The summed E-state index contributed by atoms with van der Waals surface area (Å²) in [5.41, 5.74) is 1.04. The molecule has 0 unspecified atom stereocenters. The van der Waals surface area contributed by atoms with Crippen molar-refractivity contribution in [2.75, 3.05) is 18.7 Å². The maximum absolute atomic E-state index is 13.0. The molecule has 0 saturated carbocycles. The Bertz CT molecular complexity index is 1580. The zero-order chi connectivity index (χ0) is 26.3. The average molecular weight is 566 g/mol. The summed E-state index contributed by atoms with van der Waals surface area (Å²) in [6.07, 6.45) is 1.21. The lowest BCUT2D eigenvalue weighted by Crippen LogP contribution is -2.27. The lowest BCUT2D eigenvalue weighted by Gasteiger charge is -2.23. The Kier molecular flexibility index (Phi) is 7.21. The van der Waals surface area contributed by atoms with Crippen molar-refractivity contribution >= 4 is 66.1 Å². The molecule has 0 aliphatic carbocycles. The smallest absolute Gasteiger partial charge is 0.265 e. The molecule has 0 aliphatic heterocycles. The highest BCUT2D eigenvalue weighted by Crippen LogP contribution is 2.35. The molecule has 0 bridgehead atoms. The molecule has 11 heteroatoms. The molecule has 2 heterocycles. The van der Waals surface area contributed by atoms with Crippen molar-refractivity contribution in [1.82, 2.24) is 4.98 Å². The monoisotopic (exact) mass is 564 g/mol. The fraction of sp³-hybridized carbons (Fsp3) is 0.200. The van der Waals surface area contributed by atoms with E-state index in [0.717, 1.165) is 10.1 Å². The number of aromatic nitrogens is 1. The van der Waals surface area contributed by atoms with Gasteiger partial charge in [-0.05, 0) is 61.2 Å². The third-order valence-electron chi connectivity index (χ3n) is 5.69. The van der Waals surface area contributed by atoms with Gasteiger partial charge in [-0.15, -0.1) is 11.3 Å². The summed E-state index contributed by atoms with van der Waals surface area (Å²) < 4.78 is 35.2. The zero-order valence-electron chi connectivity index (χ0n) is 19.8. The molecule has 1 N–H and O–H groups in total. The number of hydrogen-bond donors (Lipinski definition) is 1. The first-order valence-corrected chi connectivity index (χ1v) is 14.1. The number of nitrogens with zero attached hydrogens (tertiary/aromatic N) is 1. The number of sulfone groups is 1. The van der Waals surface area contributed by atoms with Crippen LogP contribution in [0.2, 0.25) is 10.2 Å². The van der Waals surface area contributed by atoms with Crippen molar-refractivity contribution in [2.45, 2.75) is 18.6 Å². The highest BCUT2D eigenvalue weighted by atomic mass is 35.5. The number of ether oxygens (including phenoxy) is 2. The predicted molar refractivity (Wildman–Crippen MR) is 145 cm³/mol. The van der Waals surface area contributed by atoms with Crippen LogP contribution in [0.15, 0.2) is 54.6 Å². The standard InChI is InChI=1S/C25H22Cl2N2O5S2/c1-25(2,36(4,31)32)15-5-6-20-14(7-15)8-21(35-20)24(30)28-17-11-22(27)29-23(12-17)34-19-10-16(26)9-18(13-19)33-3/h5-13H,1-4H3,(H,28,29,30). The summed E-state index contributed by atoms with van der Waals surface area (Å²) in [5, 5.41) is 4.14. The predicted octanol–water partition coefficient (Wildman–Crippen LogP) is 6.94. The van der Waals surface area contributed by atoms with E-state index >= 15 is 0 Å². The van der Waals surface area contributed by atoms with E-state index < -0.39 is 14.6 Å². The first-order chi connectivity index (χ1) is 16.9. The average Bonchev–Trinajstić information content (AvgIpc) is 3.21. The second-order valence-corrected chi connectivity index (χ2v) is 13.0. The molecule has 188 valence electrons. The number of benzene rings is 2. The second-order valence-electron chi connectivity index (χ2n) is 8.55. The van der Waals surface area contributed by atoms with E-state index in [4.69, 9.17) is 32.7 Å². The van der Waals surface area contributed by atoms with Crippen LogP contribution < -0.4 is 14.8 Å². The number of hydrogen-bond acceptors (Lipinski definition) is 7. The number of anilines is 1. The Morgan fingerprint density at radius 3 is 2.44 bits per heavy atom. The summed E-state index contributed by atoms with van der Waals surface area (Å²) in [5.74, 6) is 0.716. The highest BCUT2D eigenvalue weighted by Gasteiger charge is 2.32. The molecule has 2 aromatic heterocycles. The van der Waals surface area contributed by atoms with Crippen LogP contribution in [0.25, 0.3) is 10.1 Å². The van der Waals surface area contributed by atoms with Crippen LogP contribution in [0.4, 0.5) is 5.69 Å². The Morgan fingerprint density at radius 2 is 1.75 bits per heavy atom. The van der Waals surface area contributed by atoms with Gasteiger partial charge in [-0.1, -0.05) is 29.3 Å². The molecule has 0 aliphatic rings. The van der Waals surface area contributed by atoms with Gasteiger partial charge in [-0.2, -0.15) is 0 Å². The van der Waals surface area contributed by atoms with E-state index in [1.165, 1.54) is 36.8 Å². The minimum absolute atomic E-state index is 0.126. The molecule has 4 aromatic rings. The van der Waals surface area contributed by atoms with Gasteiger partial charge in [0.1, 0.15) is 16.7 Å². The van der Waals surface area contributed by atoms with Gasteiger partial charge in [0, 0.05) is 33.8 Å². The first kappa shape index (κ1) is 26.2. The summed E-state index contributed by atoms with van der Waals surface area (Å²) in [4.78, 5) is 17.6. The minimum Gasteiger partial charge on any atom is -0.497 e. The van der Waals surface area contributed by atoms with Crippen LogP contribution >= 0.6 is 34.5 Å². The maximum Gasteiger partial charge on any atom is 0.265 e. The number of fused-ring (bicyclic) bond motifs is 1. The van der Waals surface area contributed by atoms with Crippen molar-refractivity contribution in [3.05, 3.63) is 75.2 Å². The highest BCUT2D eigenvalue weighted by molar-refractivity contribution is 7.91. The van der Waals surface area contributed by atoms with Crippen molar-refractivity contribution < 1.29 is 22.7 Å². The van der Waals surface area contributed by atoms with Crippen LogP contribution in [0.3, 0.4) is 0 Å². The van der Waals surface area contributed by atoms with Crippen molar-refractivity contribution in [1.29, 1.82) is 0 Å². The molecule has 4 rings (SSSR count). The van der Waals surface area contributed by atoms with E-state index in [1.54, 1.807) is 50.2 Å². The van der Waals surface area contributed by atoms with Crippen LogP contribution in [-0.4, -0.2) is 32.7 Å². The Labute approximate surface area is 222 Å². The maximum atomic E-state index is 13.0. The van der Waals surface area contributed by atoms with Gasteiger partial charge in [0.05, 0.1) is 16.7 Å². The fourth-order valence-electron chi connectivity index (χ4n) is 3.37. The molecule has 36 heavy (non-hydrogen) atoms. The van der Waals surface area contributed by atoms with Gasteiger partial charge in [-0.3, -0.25) is 4.79 Å². The third kappa shape index (κ3) is 5.59. The van der Waals surface area contributed by atoms with E-state index in [-0.39, 0.29) is 16.9 Å². The number of nitrogens with one attached hydrogen (secondary N) is 1. The SMILES string of the molecule is COc1cc(Cl)cc(Oc2cc(NC(=O)c3cc4cc(C(C)(C)S(C)(=O)=O)ccc4s3)cc(Cl)n2)c1. The molecule has 1 amide bonds. The van der Waals surface area contributed by atoms with Crippen molar-refractivity contribution in [3.63, 3.8) is 0 Å². The van der Waals surface area contributed by atoms with E-state index in [0.29, 0.717) is 32.6 Å². The Hall–Kier alpha value is -2.85. The molecule has 0 radical (unpaired) electrons. The molecule has 0 spiro atoms. The van der Waals surface area contributed by atoms with Gasteiger partial charge in [0.2, 0.25) is 5.88 Å². The van der Waals surface area contributed by atoms with Gasteiger partial charge in [0.15, 0.2) is 9.84 Å². The number of rotatable bonds is 7. The molecule has 0 atom stereocenters. The van der Waals surface area contributed by atoms with E-state index in [1.807, 2.05) is 6.07 Å². The summed E-state index contributed by atoms with van der Waals surface area (Å²) in [7, 11) is -1.82. The van der Waals surface area contributed by atoms with Crippen LogP contribution in [0, 0.1) is 0 Å². The van der Waals surface area contributed by atoms with Crippen LogP contribution in [0.1, 0.15) is 29.1 Å². The lowest BCUT2D eigenvalue weighted by atomic mass is 10.0. The molecule has 7 nitrogen and oxygen atoms in total. The van der Waals surface area contributed by atoms with Gasteiger partial charge in [-0.25, -0.2) is 13.4 Å². The molecule has 0 saturated heterocycles. The number of amides is 1. The van der Waals surface area contributed by atoms with Crippen molar-refractivity contribution in [2.24, 2.45) is 0 Å². The van der Waals surface area contributed by atoms with E-state index in [9.17, 15) is 13.2 Å². The third-order valence-corrected chi connectivity index (χ3v) is 9.31. The van der Waals surface area contributed by atoms with Crippen molar-refractivity contribution in [3.8, 4) is 17.4 Å². The van der Waals surface area contributed by atoms with E-state index in [2.05, 4.69) is 10.3 Å². The quantitative estimate of drug-likeness (QED) is 0.244. The minimum atomic E-state index is -3.33. The molecule has 2 aromatic carbocycles. The fourth-order valence-corrected chi connectivity index (χ4v) is 5.28. The lowest BCUT2D eigenvalue weighted by molar-refractivity contribution is 0.103. The summed E-state index contributed by atoms with van der Waals surface area (Å²) >= 11 is 13.5. The topological polar surface area (TPSA) is 94.6 Å². The number of thiophene rings is 1. The number of carbonyl (C=O) groups excluding carboxylic acids is 1. The Morgan fingerprint density at radius 1 is 1.03 bits per heavy atom. The number of pyridine rings is 1. The number of carbonyl (C=O) groups is 1. The Balaban J connectivity index is 1.57. The largest absolute Gasteiger partial charge is 0.497 e. The summed E-state index contributed by atoms with van der Waals surface area (Å²) in [6, 6.07) is 15.1. The molecular formula is C25H22Cl2N2O5S2. The first-order valence-electron chi connectivity index (χ1n) is 10.6. The van der Waals surface area contributed by atoms with Gasteiger partial charge >= 0.3 is 0 Å². The zero-order valence-corrected chi connectivity index (χ0v) is 22.9. The second kappa shape index (κ2) is 9.89. The van der Waals surface area contributed by atoms with Crippen LogP contribution in [0.5, 0.6) is 17.4 Å². The van der Waals surface area contributed by atoms with Gasteiger partial charge in [0.25, 0.3) is 5.91 Å². The van der Waals surface area contributed by atoms with Gasteiger partial charge < -0.3 is 14.8 Å². The normalized spacial score (nSPS) is 11.9. The number of halogens is 2. The van der Waals surface area contributed by atoms with Crippen LogP contribution in [-0.2, 0) is 14.6 Å². The molecule has 0 fully saturated rings. The summed E-state index contributed by atoms with van der Waals surface area (Å²) in [6.45, 7) is 3.32. The molecular weight excluding hydrogens is 543 g/mol.